The van der Waals surface area contributed by atoms with Crippen LogP contribution in [0.3, 0.4) is 0 Å². The third-order valence-corrected chi connectivity index (χ3v) is 3.82. The molecule has 138 valence electrons. The van der Waals surface area contributed by atoms with Crippen LogP contribution in [0.25, 0.3) is 0 Å². The van der Waals surface area contributed by atoms with Crippen molar-refractivity contribution in [2.75, 3.05) is 24.3 Å². The molecule has 3 rings (SSSR count). The molecular weight excluding hydrogens is 347 g/mol. The van der Waals surface area contributed by atoms with Gasteiger partial charge in [-0.2, -0.15) is 0 Å². The maximum atomic E-state index is 12.9. The largest absolute Gasteiger partial charge is 0.497 e. The smallest absolute Gasteiger partial charge is 0.274 e. The number of methoxy groups -OCH3 is 1. The molecule has 0 unspecified atom stereocenters. The molecule has 2 N–H and O–H groups in total. The predicted molar refractivity (Wildman–Crippen MR) is 102 cm³/mol. The van der Waals surface area contributed by atoms with Crippen molar-refractivity contribution in [3.05, 3.63) is 77.9 Å². The van der Waals surface area contributed by atoms with Gasteiger partial charge in [0, 0.05) is 18.4 Å². The lowest BCUT2D eigenvalue weighted by molar-refractivity contribution is 0.102. The molecule has 0 saturated carbocycles. The van der Waals surface area contributed by atoms with E-state index in [2.05, 4.69) is 20.6 Å². The van der Waals surface area contributed by atoms with E-state index in [1.807, 2.05) is 24.3 Å². The van der Waals surface area contributed by atoms with Crippen LogP contribution in [0.15, 0.2) is 60.8 Å². The summed E-state index contributed by atoms with van der Waals surface area (Å²) in [6.07, 6.45) is 2.27. The lowest BCUT2D eigenvalue weighted by Gasteiger charge is -2.08. The molecule has 6 nitrogen and oxygen atoms in total. The van der Waals surface area contributed by atoms with Gasteiger partial charge < -0.3 is 15.4 Å². The number of carbonyl (C=O) groups excluding carboxylic acids is 1. The second-order valence-electron chi connectivity index (χ2n) is 5.75. The molecular formula is C20H19FN4O2. The molecule has 0 radical (unpaired) electrons. The standard InChI is InChI=1S/C20H19FN4O2/c1-27-17-4-2-3-14(13-17)9-11-22-20-23-12-10-18(25-20)19(26)24-16-7-5-15(21)6-8-16/h2-8,10,12-13H,9,11H2,1H3,(H,24,26)(H,22,23,25). The molecule has 1 aromatic heterocycles. The fourth-order valence-electron chi connectivity index (χ4n) is 2.45. The van der Waals surface area contributed by atoms with Crippen LogP contribution in [-0.4, -0.2) is 29.5 Å². The van der Waals surface area contributed by atoms with Crippen molar-refractivity contribution in [1.82, 2.24) is 9.97 Å². The van der Waals surface area contributed by atoms with Crippen molar-refractivity contribution in [3.63, 3.8) is 0 Å². The second kappa shape index (κ2) is 8.75. The zero-order valence-electron chi connectivity index (χ0n) is 14.8. The maximum Gasteiger partial charge on any atom is 0.274 e. The van der Waals surface area contributed by atoms with E-state index in [9.17, 15) is 9.18 Å². The molecule has 0 aliphatic heterocycles. The first-order chi connectivity index (χ1) is 13.1. The van der Waals surface area contributed by atoms with E-state index < -0.39 is 0 Å². The first-order valence-corrected chi connectivity index (χ1v) is 8.41. The first kappa shape index (κ1) is 18.3. The molecule has 7 heteroatoms. The summed E-state index contributed by atoms with van der Waals surface area (Å²) in [6.45, 7) is 0.607. The molecule has 1 amide bonds. The molecule has 27 heavy (non-hydrogen) atoms. The SMILES string of the molecule is COc1cccc(CCNc2nccc(C(=O)Nc3ccc(F)cc3)n2)c1. The summed E-state index contributed by atoms with van der Waals surface area (Å²) >= 11 is 0. The Labute approximate surface area is 156 Å². The summed E-state index contributed by atoms with van der Waals surface area (Å²) in [7, 11) is 1.63. The van der Waals surface area contributed by atoms with Crippen LogP contribution < -0.4 is 15.4 Å². The third kappa shape index (κ3) is 5.24. The van der Waals surface area contributed by atoms with Gasteiger partial charge in [0.2, 0.25) is 5.95 Å². The number of halogens is 1. The highest BCUT2D eigenvalue weighted by molar-refractivity contribution is 6.02. The molecule has 2 aromatic carbocycles. The lowest BCUT2D eigenvalue weighted by Crippen LogP contribution is -2.16. The highest BCUT2D eigenvalue weighted by atomic mass is 19.1. The quantitative estimate of drug-likeness (QED) is 0.669. The summed E-state index contributed by atoms with van der Waals surface area (Å²) in [5, 5.41) is 5.77. The van der Waals surface area contributed by atoms with Gasteiger partial charge in [-0.05, 0) is 54.4 Å². The van der Waals surface area contributed by atoms with Gasteiger partial charge in [-0.25, -0.2) is 14.4 Å². The van der Waals surface area contributed by atoms with Crippen LogP contribution in [-0.2, 0) is 6.42 Å². The second-order valence-corrected chi connectivity index (χ2v) is 5.75. The highest BCUT2D eigenvalue weighted by Crippen LogP contribution is 2.13. The topological polar surface area (TPSA) is 76.1 Å². The zero-order valence-corrected chi connectivity index (χ0v) is 14.8. The Bertz CT molecular complexity index is 916. The van der Waals surface area contributed by atoms with Crippen molar-refractivity contribution < 1.29 is 13.9 Å². The molecule has 0 spiro atoms. The average molecular weight is 366 g/mol. The highest BCUT2D eigenvalue weighted by Gasteiger charge is 2.09. The van der Waals surface area contributed by atoms with E-state index in [-0.39, 0.29) is 17.4 Å². The number of carbonyl (C=O) groups is 1. The number of anilines is 2. The zero-order chi connectivity index (χ0) is 19.1. The van der Waals surface area contributed by atoms with Crippen molar-refractivity contribution in [2.45, 2.75) is 6.42 Å². The van der Waals surface area contributed by atoms with Crippen LogP contribution in [0.2, 0.25) is 0 Å². The van der Waals surface area contributed by atoms with Crippen LogP contribution >= 0.6 is 0 Å². The fraction of sp³-hybridized carbons (Fsp3) is 0.150. The molecule has 0 saturated heterocycles. The molecule has 3 aromatic rings. The Balaban J connectivity index is 1.57. The Morgan fingerprint density at radius 3 is 2.74 bits per heavy atom. The molecule has 0 fully saturated rings. The van der Waals surface area contributed by atoms with Gasteiger partial charge in [-0.3, -0.25) is 4.79 Å². The summed E-state index contributed by atoms with van der Waals surface area (Å²) in [5.74, 6) is 0.422. The van der Waals surface area contributed by atoms with Crippen LogP contribution in [0.5, 0.6) is 5.75 Å². The number of hydrogen-bond donors (Lipinski definition) is 2. The average Bonchev–Trinajstić information content (AvgIpc) is 2.70. The Morgan fingerprint density at radius 1 is 1.15 bits per heavy atom. The van der Waals surface area contributed by atoms with Crippen molar-refractivity contribution in [3.8, 4) is 5.75 Å². The van der Waals surface area contributed by atoms with E-state index in [0.717, 1.165) is 17.7 Å². The van der Waals surface area contributed by atoms with Gasteiger partial charge in [-0.1, -0.05) is 12.1 Å². The Kier molecular flexibility index (Phi) is 5.94. The minimum Gasteiger partial charge on any atom is -0.497 e. The minimum atomic E-state index is -0.389. The van der Waals surface area contributed by atoms with E-state index in [0.29, 0.717) is 18.2 Å². The number of amides is 1. The summed E-state index contributed by atoms with van der Waals surface area (Å²) in [6, 6.07) is 14.9. The van der Waals surface area contributed by atoms with Gasteiger partial charge in [0.15, 0.2) is 0 Å². The Hall–Kier alpha value is -3.48. The number of nitrogens with one attached hydrogen (secondary N) is 2. The number of rotatable bonds is 7. The van der Waals surface area contributed by atoms with Gasteiger partial charge in [-0.15, -0.1) is 0 Å². The maximum absolute atomic E-state index is 12.9. The summed E-state index contributed by atoms with van der Waals surface area (Å²) < 4.78 is 18.1. The number of hydrogen-bond acceptors (Lipinski definition) is 5. The molecule has 1 heterocycles. The van der Waals surface area contributed by atoms with Crippen LogP contribution in [0, 0.1) is 5.82 Å². The van der Waals surface area contributed by atoms with E-state index in [1.54, 1.807) is 7.11 Å². The third-order valence-electron chi connectivity index (χ3n) is 3.82. The fourth-order valence-corrected chi connectivity index (χ4v) is 2.45. The Morgan fingerprint density at radius 2 is 1.96 bits per heavy atom. The van der Waals surface area contributed by atoms with Crippen LogP contribution in [0.1, 0.15) is 16.1 Å². The first-order valence-electron chi connectivity index (χ1n) is 8.41. The van der Waals surface area contributed by atoms with Gasteiger partial charge >= 0.3 is 0 Å². The number of nitrogens with zero attached hydrogens (tertiary/aromatic N) is 2. The van der Waals surface area contributed by atoms with E-state index in [1.165, 1.54) is 36.5 Å². The number of ether oxygens (including phenoxy) is 1. The lowest BCUT2D eigenvalue weighted by atomic mass is 10.1. The van der Waals surface area contributed by atoms with Crippen LogP contribution in [0.4, 0.5) is 16.0 Å². The van der Waals surface area contributed by atoms with Crippen molar-refractivity contribution in [2.24, 2.45) is 0 Å². The van der Waals surface area contributed by atoms with E-state index in [4.69, 9.17) is 4.74 Å². The normalized spacial score (nSPS) is 10.3. The van der Waals surface area contributed by atoms with Gasteiger partial charge in [0.05, 0.1) is 7.11 Å². The monoisotopic (exact) mass is 366 g/mol. The van der Waals surface area contributed by atoms with Gasteiger partial charge in [0.1, 0.15) is 17.3 Å². The predicted octanol–water partition coefficient (Wildman–Crippen LogP) is 3.53. The van der Waals surface area contributed by atoms with Crippen molar-refractivity contribution in [1.29, 1.82) is 0 Å². The molecule has 0 atom stereocenters. The molecule has 0 bridgehead atoms. The van der Waals surface area contributed by atoms with E-state index >= 15 is 0 Å². The summed E-state index contributed by atoms with van der Waals surface area (Å²) in [5.41, 5.74) is 1.83. The molecule has 0 aliphatic rings. The van der Waals surface area contributed by atoms with Gasteiger partial charge in [0.25, 0.3) is 5.91 Å². The summed E-state index contributed by atoms with van der Waals surface area (Å²) in [4.78, 5) is 20.6. The minimum absolute atomic E-state index is 0.221. The molecule has 0 aliphatic carbocycles. The number of aromatic nitrogens is 2. The number of benzene rings is 2. The van der Waals surface area contributed by atoms with Crippen molar-refractivity contribution >= 4 is 17.5 Å².